The van der Waals surface area contributed by atoms with Crippen molar-refractivity contribution in [3.8, 4) is 0 Å². The molecule has 2 aromatic rings. The van der Waals surface area contributed by atoms with Gasteiger partial charge < -0.3 is 15.1 Å². The highest BCUT2D eigenvalue weighted by Gasteiger charge is 2.17. The van der Waals surface area contributed by atoms with Gasteiger partial charge in [-0.2, -0.15) is 0 Å². The summed E-state index contributed by atoms with van der Waals surface area (Å²) < 4.78 is 0. The molecule has 0 atom stereocenters. The Morgan fingerprint density at radius 2 is 1.89 bits per heavy atom. The number of anilines is 1. The highest BCUT2D eigenvalue weighted by molar-refractivity contribution is 14.0. The zero-order valence-electron chi connectivity index (χ0n) is 16.9. The number of guanidine groups is 1. The monoisotopic (exact) mass is 491 g/mol. The molecule has 3 rings (SSSR count). The first-order valence-electron chi connectivity index (χ1n) is 9.48. The van der Waals surface area contributed by atoms with Crippen LogP contribution in [-0.2, 0) is 6.54 Å². The van der Waals surface area contributed by atoms with Crippen LogP contribution in [0.3, 0.4) is 0 Å². The molecule has 1 saturated heterocycles. The summed E-state index contributed by atoms with van der Waals surface area (Å²) in [6.07, 6.45) is 6.34. The Hall–Kier alpha value is -2.09. The Morgan fingerprint density at radius 1 is 1.18 bits per heavy atom. The third-order valence-electron chi connectivity index (χ3n) is 4.81. The van der Waals surface area contributed by atoms with Crippen LogP contribution in [0.4, 0.5) is 5.82 Å². The van der Waals surface area contributed by atoms with Crippen molar-refractivity contribution >= 4 is 41.8 Å². The molecule has 1 aliphatic rings. The van der Waals surface area contributed by atoms with E-state index in [0.717, 1.165) is 44.3 Å². The number of rotatable bonds is 4. The third-order valence-corrected chi connectivity index (χ3v) is 4.81. The molecule has 0 aliphatic carbocycles. The SMILES string of the molecule is CN=C(NCc1ccnc(N(C)C)c1)N1CCC(=Cc2ccccc2)CC1.I. The maximum Gasteiger partial charge on any atom is 0.193 e. The number of hydrogen-bond donors (Lipinski definition) is 1. The second-order valence-corrected chi connectivity index (χ2v) is 7.02. The van der Waals surface area contributed by atoms with E-state index >= 15 is 0 Å². The number of nitrogens with zero attached hydrogens (tertiary/aromatic N) is 4. The summed E-state index contributed by atoms with van der Waals surface area (Å²) in [5, 5.41) is 3.50. The van der Waals surface area contributed by atoms with Gasteiger partial charge in [0.25, 0.3) is 0 Å². The van der Waals surface area contributed by atoms with E-state index in [1.165, 1.54) is 16.7 Å². The average Bonchev–Trinajstić information content (AvgIpc) is 2.70. The number of aromatic nitrogens is 1. The lowest BCUT2D eigenvalue weighted by atomic mass is 10.0. The Kier molecular flexibility index (Phi) is 8.76. The van der Waals surface area contributed by atoms with Gasteiger partial charge in [-0.1, -0.05) is 42.0 Å². The Morgan fingerprint density at radius 3 is 2.54 bits per heavy atom. The largest absolute Gasteiger partial charge is 0.363 e. The average molecular weight is 491 g/mol. The first kappa shape index (κ1) is 22.2. The van der Waals surface area contributed by atoms with E-state index in [4.69, 9.17) is 0 Å². The van der Waals surface area contributed by atoms with Crippen molar-refractivity contribution in [1.29, 1.82) is 0 Å². The molecule has 1 aliphatic heterocycles. The van der Waals surface area contributed by atoms with Crippen molar-refractivity contribution < 1.29 is 0 Å². The van der Waals surface area contributed by atoms with E-state index in [9.17, 15) is 0 Å². The predicted octanol–water partition coefficient (Wildman–Crippen LogP) is 4.02. The molecular formula is C22H30IN5. The van der Waals surface area contributed by atoms with Gasteiger partial charge in [-0.3, -0.25) is 4.99 Å². The van der Waals surface area contributed by atoms with Crippen LogP contribution in [0.1, 0.15) is 24.0 Å². The van der Waals surface area contributed by atoms with Crippen LogP contribution >= 0.6 is 24.0 Å². The molecule has 0 bridgehead atoms. The number of pyridine rings is 1. The zero-order valence-corrected chi connectivity index (χ0v) is 19.3. The van der Waals surface area contributed by atoms with Gasteiger partial charge in [0.2, 0.25) is 0 Å². The standard InChI is InChI=1S/C22H29N5.HI/c1-23-22(25-17-20-9-12-24-21(16-20)26(2)3)27-13-10-19(11-14-27)15-18-7-5-4-6-8-18;/h4-9,12,15-16H,10-11,13-14,17H2,1-3H3,(H,23,25);1H. The number of halogens is 1. The lowest BCUT2D eigenvalue weighted by molar-refractivity contribution is 0.375. The summed E-state index contributed by atoms with van der Waals surface area (Å²) in [5.41, 5.74) is 4.01. The summed E-state index contributed by atoms with van der Waals surface area (Å²) in [6, 6.07) is 14.7. The van der Waals surface area contributed by atoms with Crippen molar-refractivity contribution in [2.75, 3.05) is 39.1 Å². The van der Waals surface area contributed by atoms with Crippen molar-refractivity contribution in [2.24, 2.45) is 4.99 Å². The van der Waals surface area contributed by atoms with Gasteiger partial charge in [-0.25, -0.2) is 4.98 Å². The fourth-order valence-electron chi connectivity index (χ4n) is 3.26. The van der Waals surface area contributed by atoms with Crippen molar-refractivity contribution in [3.63, 3.8) is 0 Å². The molecule has 1 aromatic carbocycles. The van der Waals surface area contributed by atoms with Crippen LogP contribution in [0.25, 0.3) is 6.08 Å². The van der Waals surface area contributed by atoms with Gasteiger partial charge in [-0.15, -0.1) is 24.0 Å². The topological polar surface area (TPSA) is 43.8 Å². The summed E-state index contributed by atoms with van der Waals surface area (Å²) in [5.74, 6) is 1.94. The summed E-state index contributed by atoms with van der Waals surface area (Å²) >= 11 is 0. The van der Waals surface area contributed by atoms with Crippen LogP contribution < -0.4 is 10.2 Å². The molecule has 2 heterocycles. The van der Waals surface area contributed by atoms with Crippen LogP contribution in [-0.4, -0.2) is 50.1 Å². The zero-order chi connectivity index (χ0) is 19.1. The number of likely N-dealkylation sites (tertiary alicyclic amines) is 1. The van der Waals surface area contributed by atoms with Gasteiger partial charge >= 0.3 is 0 Å². The molecule has 5 nitrogen and oxygen atoms in total. The normalized spacial score (nSPS) is 14.3. The fraction of sp³-hybridized carbons (Fsp3) is 0.364. The molecule has 6 heteroatoms. The first-order valence-corrected chi connectivity index (χ1v) is 9.48. The highest BCUT2D eigenvalue weighted by Crippen LogP contribution is 2.19. The number of piperidine rings is 1. The minimum atomic E-state index is 0. The lowest BCUT2D eigenvalue weighted by Gasteiger charge is -2.31. The molecule has 150 valence electrons. The Labute approximate surface area is 185 Å². The summed E-state index contributed by atoms with van der Waals surface area (Å²) in [4.78, 5) is 13.2. The van der Waals surface area contributed by atoms with Gasteiger partial charge in [-0.05, 0) is 36.1 Å². The second kappa shape index (κ2) is 11.0. The molecule has 0 spiro atoms. The molecule has 0 amide bonds. The Bertz CT molecular complexity index is 792. The molecule has 0 radical (unpaired) electrons. The number of nitrogens with one attached hydrogen (secondary N) is 1. The van der Waals surface area contributed by atoms with Gasteiger partial charge in [0.1, 0.15) is 5.82 Å². The molecule has 28 heavy (non-hydrogen) atoms. The van der Waals surface area contributed by atoms with E-state index in [1.54, 1.807) is 0 Å². The lowest BCUT2D eigenvalue weighted by Crippen LogP contribution is -2.44. The van der Waals surface area contributed by atoms with Gasteiger partial charge in [0, 0.05) is 47.0 Å². The maximum atomic E-state index is 4.48. The van der Waals surface area contributed by atoms with Crippen molar-refractivity contribution in [3.05, 3.63) is 65.4 Å². The van der Waals surface area contributed by atoms with E-state index < -0.39 is 0 Å². The minimum Gasteiger partial charge on any atom is -0.363 e. The quantitative estimate of drug-likeness (QED) is 0.399. The fourth-order valence-corrected chi connectivity index (χ4v) is 3.26. The number of aliphatic imine (C=N–C) groups is 1. The summed E-state index contributed by atoms with van der Waals surface area (Å²) in [7, 11) is 5.87. The van der Waals surface area contributed by atoms with E-state index in [0.29, 0.717) is 0 Å². The third kappa shape index (κ3) is 6.22. The second-order valence-electron chi connectivity index (χ2n) is 7.02. The molecule has 1 aromatic heterocycles. The van der Waals surface area contributed by atoms with Crippen LogP contribution in [0, 0.1) is 0 Å². The number of hydrogen-bond acceptors (Lipinski definition) is 3. The summed E-state index contributed by atoms with van der Waals surface area (Å²) in [6.45, 7) is 2.74. The molecule has 0 saturated carbocycles. The predicted molar refractivity (Wildman–Crippen MR) is 129 cm³/mol. The molecule has 1 N–H and O–H groups in total. The van der Waals surface area contributed by atoms with Crippen molar-refractivity contribution in [1.82, 2.24) is 15.2 Å². The van der Waals surface area contributed by atoms with Gasteiger partial charge in [0.15, 0.2) is 5.96 Å². The highest BCUT2D eigenvalue weighted by atomic mass is 127. The van der Waals surface area contributed by atoms with Gasteiger partial charge in [0.05, 0.1) is 0 Å². The van der Waals surface area contributed by atoms with Crippen LogP contribution in [0.2, 0.25) is 0 Å². The Balaban J connectivity index is 0.00000280. The van der Waals surface area contributed by atoms with Crippen LogP contribution in [0.15, 0.2) is 59.2 Å². The smallest absolute Gasteiger partial charge is 0.193 e. The van der Waals surface area contributed by atoms with E-state index in [-0.39, 0.29) is 24.0 Å². The minimum absolute atomic E-state index is 0. The van der Waals surface area contributed by atoms with E-state index in [2.05, 4.69) is 62.7 Å². The maximum absolute atomic E-state index is 4.48. The molecule has 1 fully saturated rings. The first-order chi connectivity index (χ1) is 13.2. The molecule has 0 unspecified atom stereocenters. The van der Waals surface area contributed by atoms with Crippen molar-refractivity contribution in [2.45, 2.75) is 19.4 Å². The molecular weight excluding hydrogens is 461 g/mol. The van der Waals surface area contributed by atoms with E-state index in [1.807, 2.05) is 38.3 Å². The van der Waals surface area contributed by atoms with Crippen LogP contribution in [0.5, 0.6) is 0 Å². The number of benzene rings is 1.